The summed E-state index contributed by atoms with van der Waals surface area (Å²) >= 11 is 0. The highest BCUT2D eigenvalue weighted by Crippen LogP contribution is 2.32. The van der Waals surface area contributed by atoms with Gasteiger partial charge in [0.05, 0.1) is 25.2 Å². The lowest BCUT2D eigenvalue weighted by atomic mass is 10.0. The number of nitrogens with zero attached hydrogens (tertiary/aromatic N) is 4. The van der Waals surface area contributed by atoms with Gasteiger partial charge in [0.1, 0.15) is 36.0 Å². The number of aliphatic hydroxyl groups excluding tert-OH is 2. The molecule has 1 saturated heterocycles. The molecule has 1 aliphatic heterocycles. The van der Waals surface area contributed by atoms with E-state index in [0.717, 1.165) is 22.3 Å². The van der Waals surface area contributed by atoms with Crippen molar-refractivity contribution in [3.63, 3.8) is 0 Å². The third kappa shape index (κ3) is 5.50. The second kappa shape index (κ2) is 11.6. The average Bonchev–Trinajstić information content (AvgIpc) is 3.54. The first-order chi connectivity index (χ1) is 19.6. The highest BCUT2D eigenvalue weighted by atomic mass is 19.1. The van der Waals surface area contributed by atoms with Gasteiger partial charge in [-0.2, -0.15) is 0 Å². The molecule has 5 aromatic rings. The maximum Gasteiger partial charge on any atom is 0.165 e. The summed E-state index contributed by atoms with van der Waals surface area (Å²) in [5, 5.41) is 21.5. The molecule has 9 heteroatoms. The molecule has 0 radical (unpaired) electrons. The largest absolute Gasteiger partial charge is 0.387 e. The molecule has 0 bridgehead atoms. The van der Waals surface area contributed by atoms with Crippen molar-refractivity contribution in [2.24, 2.45) is 0 Å². The third-order valence-electron chi connectivity index (χ3n) is 7.20. The molecule has 1 fully saturated rings. The van der Waals surface area contributed by atoms with E-state index in [1.807, 2.05) is 48.5 Å². The smallest absolute Gasteiger partial charge is 0.165 e. The minimum atomic E-state index is -1.19. The highest BCUT2D eigenvalue weighted by Gasteiger charge is 2.44. The van der Waals surface area contributed by atoms with Crippen molar-refractivity contribution in [2.75, 3.05) is 6.61 Å². The normalized spacial score (nSPS) is 20.8. The molecule has 3 heterocycles. The zero-order chi connectivity index (χ0) is 27.5. The molecule has 0 aliphatic carbocycles. The van der Waals surface area contributed by atoms with Crippen molar-refractivity contribution in [3.8, 4) is 11.1 Å². The predicted molar refractivity (Wildman–Crippen MR) is 147 cm³/mol. The lowest BCUT2D eigenvalue weighted by Crippen LogP contribution is -2.33. The number of rotatable bonds is 9. The van der Waals surface area contributed by atoms with Gasteiger partial charge in [0.15, 0.2) is 11.9 Å². The lowest BCUT2D eigenvalue weighted by Gasteiger charge is -2.16. The second-order valence-electron chi connectivity index (χ2n) is 9.90. The summed E-state index contributed by atoms with van der Waals surface area (Å²) in [6.07, 6.45) is 0.149. The monoisotopic (exact) mass is 540 g/mol. The fourth-order valence-corrected chi connectivity index (χ4v) is 5.04. The number of aryl methyl sites for hydroxylation is 2. The molecular weight excluding hydrogens is 511 g/mol. The molecule has 2 N–H and O–H groups in total. The minimum absolute atomic E-state index is 0.107. The van der Waals surface area contributed by atoms with Gasteiger partial charge in [0.25, 0.3) is 0 Å². The molecule has 40 heavy (non-hydrogen) atoms. The van der Waals surface area contributed by atoms with Crippen molar-refractivity contribution in [1.29, 1.82) is 0 Å². The summed E-state index contributed by atoms with van der Waals surface area (Å²) in [5.41, 5.74) is 5.89. The topological polar surface area (TPSA) is 103 Å². The van der Waals surface area contributed by atoms with Gasteiger partial charge in [-0.25, -0.2) is 19.3 Å². The maximum absolute atomic E-state index is 13.6. The number of hydrogen-bond acceptors (Lipinski definition) is 7. The van der Waals surface area contributed by atoms with Crippen molar-refractivity contribution in [2.45, 2.75) is 44.0 Å². The Hall–Kier alpha value is -4.02. The fraction of sp³-hybridized carbons (Fsp3) is 0.258. The molecule has 0 spiro atoms. The summed E-state index contributed by atoms with van der Waals surface area (Å²) in [6, 6.07) is 24.7. The van der Waals surface area contributed by atoms with E-state index in [2.05, 4.69) is 27.1 Å². The molecule has 8 nitrogen and oxygen atoms in total. The highest BCUT2D eigenvalue weighted by molar-refractivity contribution is 5.73. The number of halogens is 1. The van der Waals surface area contributed by atoms with Crippen LogP contribution in [0.15, 0.2) is 91.5 Å². The van der Waals surface area contributed by atoms with Gasteiger partial charge in [0.2, 0.25) is 0 Å². The first-order valence-corrected chi connectivity index (χ1v) is 13.2. The molecule has 4 atom stereocenters. The van der Waals surface area contributed by atoms with Crippen LogP contribution in [0.3, 0.4) is 0 Å². The van der Waals surface area contributed by atoms with E-state index in [1.54, 1.807) is 10.6 Å². The molecule has 2 aromatic heterocycles. The van der Waals surface area contributed by atoms with E-state index in [1.165, 1.54) is 24.8 Å². The second-order valence-corrected chi connectivity index (χ2v) is 9.90. The third-order valence-corrected chi connectivity index (χ3v) is 7.20. The van der Waals surface area contributed by atoms with Crippen LogP contribution in [0.5, 0.6) is 0 Å². The summed E-state index contributed by atoms with van der Waals surface area (Å²) in [4.78, 5) is 13.2. The lowest BCUT2D eigenvalue weighted by molar-refractivity contribution is -0.0682. The van der Waals surface area contributed by atoms with Gasteiger partial charge in [-0.3, -0.25) is 4.57 Å². The predicted octanol–water partition coefficient (Wildman–Crippen LogP) is 4.25. The summed E-state index contributed by atoms with van der Waals surface area (Å²) < 4.78 is 27.0. The van der Waals surface area contributed by atoms with E-state index in [4.69, 9.17) is 9.47 Å². The Bertz CT molecular complexity index is 1580. The first-order valence-electron chi connectivity index (χ1n) is 13.2. The average molecular weight is 541 g/mol. The summed E-state index contributed by atoms with van der Waals surface area (Å²) in [6.45, 7) is 0.452. The minimum Gasteiger partial charge on any atom is -0.387 e. The van der Waals surface area contributed by atoms with Gasteiger partial charge in [-0.15, -0.1) is 0 Å². The van der Waals surface area contributed by atoms with E-state index in [9.17, 15) is 14.6 Å². The molecule has 1 aliphatic rings. The van der Waals surface area contributed by atoms with Crippen LogP contribution in [0.4, 0.5) is 4.39 Å². The molecule has 6 rings (SSSR count). The van der Waals surface area contributed by atoms with Crippen LogP contribution in [-0.4, -0.2) is 54.7 Å². The SMILES string of the molecule is O[C@@H]1[C@H](O)[C@@H](COCc2ccc(-c3ccccc3)cc2)O[C@H]1n1cnc2c(CCc3cccc(F)c3)ncnc21. The van der Waals surface area contributed by atoms with Gasteiger partial charge < -0.3 is 19.7 Å². The molecule has 204 valence electrons. The van der Waals surface area contributed by atoms with Crippen molar-refractivity contribution >= 4 is 11.2 Å². The Labute approximate surface area is 230 Å². The van der Waals surface area contributed by atoms with Gasteiger partial charge in [-0.05, 0) is 47.2 Å². The van der Waals surface area contributed by atoms with Gasteiger partial charge in [0, 0.05) is 0 Å². The molecule has 0 unspecified atom stereocenters. The maximum atomic E-state index is 13.6. The summed E-state index contributed by atoms with van der Waals surface area (Å²) in [5.74, 6) is -0.278. The van der Waals surface area contributed by atoms with Crippen LogP contribution in [0.2, 0.25) is 0 Å². The number of imidazole rings is 1. The Kier molecular flexibility index (Phi) is 7.61. The van der Waals surface area contributed by atoms with Gasteiger partial charge in [-0.1, -0.05) is 66.7 Å². The first kappa shape index (κ1) is 26.2. The Morgan fingerprint density at radius 1 is 0.825 bits per heavy atom. The van der Waals surface area contributed by atoms with Crippen molar-refractivity contribution in [1.82, 2.24) is 19.5 Å². The Morgan fingerprint density at radius 3 is 2.42 bits per heavy atom. The zero-order valence-electron chi connectivity index (χ0n) is 21.7. The number of ether oxygens (including phenoxy) is 2. The van der Waals surface area contributed by atoms with E-state index >= 15 is 0 Å². The number of benzene rings is 3. The molecule has 0 saturated carbocycles. The fourth-order valence-electron chi connectivity index (χ4n) is 5.04. The number of aromatic nitrogens is 4. The van der Waals surface area contributed by atoms with Crippen LogP contribution in [0.25, 0.3) is 22.3 Å². The summed E-state index contributed by atoms with van der Waals surface area (Å²) in [7, 11) is 0. The van der Waals surface area contributed by atoms with E-state index in [-0.39, 0.29) is 12.4 Å². The van der Waals surface area contributed by atoms with Gasteiger partial charge >= 0.3 is 0 Å². The molecule has 0 amide bonds. The number of aliphatic hydroxyl groups is 2. The standard InChI is InChI=1S/C31H29FN4O4/c32-24-8-4-5-20(15-24)11-14-25-27-30(34-18-33-25)36(19-35-27)31-29(38)28(37)26(40-31)17-39-16-21-9-12-23(13-10-21)22-6-2-1-3-7-22/h1-10,12-13,15,18-19,26,28-29,31,37-38H,11,14,16-17H2/t26-,28-,29-,31-/m1/s1. The van der Waals surface area contributed by atoms with Crippen molar-refractivity contribution in [3.05, 3.63) is 114 Å². The quantitative estimate of drug-likeness (QED) is 0.288. The van der Waals surface area contributed by atoms with Crippen LogP contribution < -0.4 is 0 Å². The Balaban J connectivity index is 1.09. The number of hydrogen-bond donors (Lipinski definition) is 2. The Morgan fingerprint density at radius 2 is 1.62 bits per heavy atom. The van der Waals surface area contributed by atoms with Crippen molar-refractivity contribution < 1.29 is 24.1 Å². The van der Waals surface area contributed by atoms with Crippen LogP contribution in [-0.2, 0) is 28.9 Å². The van der Waals surface area contributed by atoms with Crippen LogP contribution in [0, 0.1) is 5.82 Å². The molecular formula is C31H29FN4O4. The number of fused-ring (bicyclic) bond motifs is 1. The van der Waals surface area contributed by atoms with Crippen LogP contribution >= 0.6 is 0 Å². The van der Waals surface area contributed by atoms with E-state index in [0.29, 0.717) is 36.3 Å². The van der Waals surface area contributed by atoms with Crippen LogP contribution in [0.1, 0.15) is 23.0 Å². The molecule has 3 aromatic carbocycles. The van der Waals surface area contributed by atoms with E-state index < -0.39 is 24.5 Å². The zero-order valence-corrected chi connectivity index (χ0v) is 21.7.